The van der Waals surface area contributed by atoms with E-state index in [-0.39, 0.29) is 24.4 Å². The molecular formula is C29H21F2N3O3. The van der Waals surface area contributed by atoms with Gasteiger partial charge in [-0.2, -0.15) is 0 Å². The second-order valence-corrected chi connectivity index (χ2v) is 8.81. The molecular weight excluding hydrogens is 476 g/mol. The molecule has 0 bridgehead atoms. The normalized spacial score (nSPS) is 13.6. The minimum absolute atomic E-state index is 0.0330. The standard InChI is InChI=1S/C29H21F2N3O3/c1-16-11-22-27(33-14-16)25(9-10-32-22)37-24-8-3-18(12-21(24)31)13-23(35)28-29(36)26(17(2)15-34-28)19-4-6-20(30)7-5-19/h3-12,14H,13,15H2,1-2H3. The largest absolute Gasteiger partial charge is 0.452 e. The third-order valence-corrected chi connectivity index (χ3v) is 6.00. The van der Waals surface area contributed by atoms with Crippen molar-refractivity contribution in [2.45, 2.75) is 20.3 Å². The predicted octanol–water partition coefficient (Wildman–Crippen LogP) is 5.62. The fourth-order valence-corrected chi connectivity index (χ4v) is 4.18. The Morgan fingerprint density at radius 2 is 1.76 bits per heavy atom. The zero-order valence-corrected chi connectivity index (χ0v) is 20.1. The number of benzene rings is 2. The molecule has 37 heavy (non-hydrogen) atoms. The number of hydrogen-bond donors (Lipinski definition) is 0. The minimum atomic E-state index is -0.665. The molecule has 0 aliphatic carbocycles. The van der Waals surface area contributed by atoms with Crippen LogP contribution in [-0.2, 0) is 16.0 Å². The van der Waals surface area contributed by atoms with Crippen LogP contribution in [0.2, 0.25) is 0 Å². The molecule has 4 aromatic rings. The lowest BCUT2D eigenvalue weighted by Crippen LogP contribution is -2.30. The number of rotatable bonds is 6. The highest BCUT2D eigenvalue weighted by Gasteiger charge is 2.29. The molecule has 0 unspecified atom stereocenters. The van der Waals surface area contributed by atoms with Crippen molar-refractivity contribution in [3.63, 3.8) is 0 Å². The highest BCUT2D eigenvalue weighted by atomic mass is 19.1. The summed E-state index contributed by atoms with van der Waals surface area (Å²) in [5, 5.41) is 0. The molecule has 184 valence electrons. The number of ether oxygens (including phenoxy) is 1. The van der Waals surface area contributed by atoms with Crippen LogP contribution in [0.25, 0.3) is 16.6 Å². The van der Waals surface area contributed by atoms with Crippen LogP contribution < -0.4 is 4.74 Å². The SMILES string of the molecule is CC1=C(c2ccc(F)cc2)C(=O)C(C(=O)Cc2ccc(Oc3ccnc4cc(C)cnc34)c(F)c2)=NC1. The average Bonchev–Trinajstić information content (AvgIpc) is 2.86. The number of pyridine rings is 2. The maximum atomic E-state index is 14.9. The first-order chi connectivity index (χ1) is 17.8. The lowest BCUT2D eigenvalue weighted by Gasteiger charge is -2.17. The van der Waals surface area contributed by atoms with E-state index in [0.717, 1.165) is 5.56 Å². The number of ketones is 2. The first-order valence-corrected chi connectivity index (χ1v) is 11.6. The van der Waals surface area contributed by atoms with E-state index in [1.54, 1.807) is 31.5 Å². The lowest BCUT2D eigenvalue weighted by molar-refractivity contribution is -0.114. The Hall–Kier alpha value is -4.59. The molecule has 0 spiro atoms. The van der Waals surface area contributed by atoms with Gasteiger partial charge in [0.2, 0.25) is 5.78 Å². The van der Waals surface area contributed by atoms with Crippen LogP contribution in [0.3, 0.4) is 0 Å². The Morgan fingerprint density at radius 1 is 0.973 bits per heavy atom. The molecule has 0 atom stereocenters. The van der Waals surface area contributed by atoms with Crippen LogP contribution >= 0.6 is 0 Å². The maximum Gasteiger partial charge on any atom is 0.215 e. The van der Waals surface area contributed by atoms with E-state index in [9.17, 15) is 18.4 Å². The third kappa shape index (κ3) is 4.91. The molecule has 0 saturated heterocycles. The first-order valence-electron chi connectivity index (χ1n) is 11.6. The van der Waals surface area contributed by atoms with Crippen LogP contribution in [-0.4, -0.2) is 33.8 Å². The number of carbonyl (C=O) groups excluding carboxylic acids is 2. The number of dihydropyridines is 1. The Kier molecular flexibility index (Phi) is 6.40. The number of carbonyl (C=O) groups is 2. The fraction of sp³-hybridized carbons (Fsp3) is 0.138. The van der Waals surface area contributed by atoms with E-state index in [2.05, 4.69) is 15.0 Å². The van der Waals surface area contributed by atoms with Crippen LogP contribution in [0, 0.1) is 18.6 Å². The van der Waals surface area contributed by atoms with Crippen LogP contribution in [0.5, 0.6) is 11.5 Å². The number of allylic oxidation sites excluding steroid dienone is 1. The van der Waals surface area contributed by atoms with E-state index < -0.39 is 23.2 Å². The van der Waals surface area contributed by atoms with Crippen LogP contribution in [0.4, 0.5) is 8.78 Å². The van der Waals surface area contributed by atoms with Crippen molar-refractivity contribution < 1.29 is 23.1 Å². The Labute approximate surface area is 211 Å². The van der Waals surface area contributed by atoms with Gasteiger partial charge in [-0.3, -0.25) is 24.5 Å². The molecule has 0 fully saturated rings. The van der Waals surface area contributed by atoms with Gasteiger partial charge in [-0.05, 0) is 66.4 Å². The molecule has 0 saturated carbocycles. The summed E-state index contributed by atoms with van der Waals surface area (Å²) >= 11 is 0. The van der Waals surface area contributed by atoms with Gasteiger partial charge in [0.05, 0.1) is 12.1 Å². The zero-order chi connectivity index (χ0) is 26.1. The monoisotopic (exact) mass is 497 g/mol. The van der Waals surface area contributed by atoms with Gasteiger partial charge in [-0.15, -0.1) is 0 Å². The lowest BCUT2D eigenvalue weighted by atomic mass is 9.89. The van der Waals surface area contributed by atoms with Crippen LogP contribution in [0.1, 0.15) is 23.6 Å². The molecule has 0 amide bonds. The molecule has 2 aromatic carbocycles. The average molecular weight is 498 g/mol. The minimum Gasteiger partial charge on any atom is -0.452 e. The number of fused-ring (bicyclic) bond motifs is 1. The van der Waals surface area contributed by atoms with Crippen LogP contribution in [0.15, 0.2) is 77.6 Å². The third-order valence-electron chi connectivity index (χ3n) is 6.00. The smallest absolute Gasteiger partial charge is 0.215 e. The van der Waals surface area contributed by atoms with Crippen molar-refractivity contribution in [3.05, 3.63) is 101 Å². The van der Waals surface area contributed by atoms with Gasteiger partial charge in [-0.1, -0.05) is 18.2 Å². The predicted molar refractivity (Wildman–Crippen MR) is 136 cm³/mol. The van der Waals surface area contributed by atoms with E-state index in [1.807, 2.05) is 13.0 Å². The molecule has 5 rings (SSSR count). The fourth-order valence-electron chi connectivity index (χ4n) is 4.18. The summed E-state index contributed by atoms with van der Waals surface area (Å²) in [5.74, 6) is -1.81. The Bertz CT molecular complexity index is 1630. The molecule has 2 aromatic heterocycles. The summed E-state index contributed by atoms with van der Waals surface area (Å²) in [6.07, 6.45) is 3.02. The maximum absolute atomic E-state index is 14.9. The molecule has 6 nitrogen and oxygen atoms in total. The van der Waals surface area contributed by atoms with Crippen molar-refractivity contribution in [1.29, 1.82) is 0 Å². The molecule has 1 aliphatic heterocycles. The number of hydrogen-bond acceptors (Lipinski definition) is 6. The molecule has 0 N–H and O–H groups in total. The van der Waals surface area contributed by atoms with Gasteiger partial charge in [0.15, 0.2) is 23.1 Å². The molecule has 0 radical (unpaired) electrons. The number of aromatic nitrogens is 2. The van der Waals surface area contributed by atoms with Crippen molar-refractivity contribution >= 4 is 33.9 Å². The number of aryl methyl sites for hydroxylation is 1. The van der Waals surface area contributed by atoms with Gasteiger partial charge in [0.1, 0.15) is 17.0 Å². The summed E-state index contributed by atoms with van der Waals surface area (Å²) in [5.41, 5.74) is 3.78. The topological polar surface area (TPSA) is 81.5 Å². The van der Waals surface area contributed by atoms with Crippen molar-refractivity contribution in [3.8, 4) is 11.5 Å². The summed E-state index contributed by atoms with van der Waals surface area (Å²) in [7, 11) is 0. The summed E-state index contributed by atoms with van der Waals surface area (Å²) in [6, 6.07) is 13.2. The van der Waals surface area contributed by atoms with Crippen molar-refractivity contribution in [2.24, 2.45) is 4.99 Å². The second-order valence-electron chi connectivity index (χ2n) is 8.81. The van der Waals surface area contributed by atoms with Gasteiger partial charge in [0.25, 0.3) is 0 Å². The summed E-state index contributed by atoms with van der Waals surface area (Å²) in [6.45, 7) is 3.82. The van der Waals surface area contributed by atoms with Gasteiger partial charge < -0.3 is 4.74 Å². The second kappa shape index (κ2) is 9.81. The van der Waals surface area contributed by atoms with Crippen molar-refractivity contribution in [1.82, 2.24) is 9.97 Å². The first kappa shape index (κ1) is 24.1. The number of Topliss-reactive ketones (excluding diaryl/α,β-unsaturated/α-hetero) is 2. The Balaban J connectivity index is 1.33. The molecule has 8 heteroatoms. The Morgan fingerprint density at radius 3 is 2.51 bits per heavy atom. The number of halogens is 2. The van der Waals surface area contributed by atoms with Gasteiger partial charge in [-0.25, -0.2) is 8.78 Å². The van der Waals surface area contributed by atoms with Gasteiger partial charge >= 0.3 is 0 Å². The zero-order valence-electron chi connectivity index (χ0n) is 20.1. The van der Waals surface area contributed by atoms with E-state index in [1.165, 1.54) is 36.4 Å². The molecule has 3 heterocycles. The van der Waals surface area contributed by atoms with Gasteiger partial charge in [0, 0.05) is 30.5 Å². The van der Waals surface area contributed by atoms with E-state index in [4.69, 9.17) is 4.74 Å². The molecule has 1 aliphatic rings. The van der Waals surface area contributed by atoms with E-state index >= 15 is 0 Å². The quantitative estimate of drug-likeness (QED) is 0.346. The summed E-state index contributed by atoms with van der Waals surface area (Å²) in [4.78, 5) is 38.8. The number of nitrogens with zero attached hydrogens (tertiary/aromatic N) is 3. The number of aliphatic imine (C=N–C) groups is 1. The van der Waals surface area contributed by atoms with Crippen molar-refractivity contribution in [2.75, 3.05) is 6.54 Å². The van der Waals surface area contributed by atoms with E-state index in [0.29, 0.717) is 39.1 Å². The highest BCUT2D eigenvalue weighted by Crippen LogP contribution is 2.30. The highest BCUT2D eigenvalue weighted by molar-refractivity contribution is 6.74. The summed E-state index contributed by atoms with van der Waals surface area (Å²) < 4.78 is 34.0.